The number of hydrogen-bond acceptors (Lipinski definition) is 4. The Balaban J connectivity index is 1.83. The van der Waals surface area contributed by atoms with Gasteiger partial charge >= 0.3 is 0 Å². The van der Waals surface area contributed by atoms with Gasteiger partial charge in [-0.25, -0.2) is 0 Å². The summed E-state index contributed by atoms with van der Waals surface area (Å²) in [6.07, 6.45) is 0. The van der Waals surface area contributed by atoms with Gasteiger partial charge in [-0.2, -0.15) is 0 Å². The Bertz CT molecular complexity index is 682. The van der Waals surface area contributed by atoms with Crippen LogP contribution in [-0.4, -0.2) is 42.2 Å². The zero-order valence-corrected chi connectivity index (χ0v) is 13.5. The molecule has 1 fully saturated rings. The van der Waals surface area contributed by atoms with Crippen LogP contribution in [0.4, 0.5) is 0 Å². The molecule has 1 heterocycles. The Hall–Kier alpha value is -2.21. The summed E-state index contributed by atoms with van der Waals surface area (Å²) < 4.78 is 5.35. The van der Waals surface area contributed by atoms with Crippen molar-refractivity contribution in [3.05, 3.63) is 71.3 Å². The molecule has 0 aliphatic carbocycles. The number of morpholine rings is 1. The Morgan fingerprint density at radius 2 is 1.62 bits per heavy atom. The van der Waals surface area contributed by atoms with Crippen molar-refractivity contribution in [2.75, 3.05) is 26.3 Å². The standard InChI is InChI=1S/C19H22N2O3/c20-18(22)19(23,16-4-2-1-3-5-16)17-8-6-15(7-9-17)14-21-10-12-24-13-11-21/h1-9,23H,10-14H2,(H2,20,22). The van der Waals surface area contributed by atoms with E-state index in [1.54, 1.807) is 36.4 Å². The maximum Gasteiger partial charge on any atom is 0.258 e. The number of aliphatic hydroxyl groups is 1. The molecule has 0 bridgehead atoms. The second kappa shape index (κ2) is 7.13. The number of nitrogens with two attached hydrogens (primary N) is 1. The molecule has 1 aliphatic heterocycles. The average molecular weight is 326 g/mol. The molecule has 1 aliphatic rings. The summed E-state index contributed by atoms with van der Waals surface area (Å²) in [5, 5.41) is 10.9. The van der Waals surface area contributed by atoms with Gasteiger partial charge < -0.3 is 15.6 Å². The van der Waals surface area contributed by atoms with E-state index in [1.165, 1.54) is 0 Å². The molecule has 0 spiro atoms. The first kappa shape index (κ1) is 16.6. The monoisotopic (exact) mass is 326 g/mol. The molecule has 1 unspecified atom stereocenters. The number of primary amides is 1. The molecular formula is C19H22N2O3. The highest BCUT2D eigenvalue weighted by Gasteiger charge is 2.37. The first-order valence-corrected chi connectivity index (χ1v) is 8.08. The lowest BCUT2D eigenvalue weighted by molar-refractivity contribution is -0.133. The van der Waals surface area contributed by atoms with Crippen molar-refractivity contribution in [2.45, 2.75) is 12.1 Å². The highest BCUT2D eigenvalue weighted by atomic mass is 16.5. The van der Waals surface area contributed by atoms with E-state index in [1.807, 2.05) is 18.2 Å². The zero-order chi connectivity index (χ0) is 17.0. The minimum absolute atomic E-state index is 0.471. The zero-order valence-electron chi connectivity index (χ0n) is 13.5. The molecule has 5 heteroatoms. The fourth-order valence-corrected chi connectivity index (χ4v) is 3.00. The molecule has 2 aromatic rings. The van der Waals surface area contributed by atoms with Crippen molar-refractivity contribution in [3.8, 4) is 0 Å². The lowest BCUT2D eigenvalue weighted by Gasteiger charge is -2.28. The maximum atomic E-state index is 12.0. The van der Waals surface area contributed by atoms with Crippen molar-refractivity contribution >= 4 is 5.91 Å². The lowest BCUT2D eigenvalue weighted by Crippen LogP contribution is -2.42. The number of ether oxygens (including phenoxy) is 1. The van der Waals surface area contributed by atoms with Gasteiger partial charge in [0.2, 0.25) is 0 Å². The van der Waals surface area contributed by atoms with Crippen molar-refractivity contribution in [1.82, 2.24) is 4.90 Å². The van der Waals surface area contributed by atoms with Crippen LogP contribution in [0.5, 0.6) is 0 Å². The van der Waals surface area contributed by atoms with Crippen LogP contribution in [0.3, 0.4) is 0 Å². The highest BCUT2D eigenvalue weighted by molar-refractivity contribution is 5.88. The van der Waals surface area contributed by atoms with Crippen LogP contribution in [0.1, 0.15) is 16.7 Å². The number of nitrogens with zero attached hydrogens (tertiary/aromatic N) is 1. The molecule has 5 nitrogen and oxygen atoms in total. The molecule has 1 saturated heterocycles. The number of rotatable bonds is 5. The largest absolute Gasteiger partial charge is 0.379 e. The SMILES string of the molecule is NC(=O)C(O)(c1ccccc1)c1ccc(CN2CCOCC2)cc1. The van der Waals surface area contributed by atoms with Crippen molar-refractivity contribution < 1.29 is 14.6 Å². The molecular weight excluding hydrogens is 304 g/mol. The van der Waals surface area contributed by atoms with E-state index in [-0.39, 0.29) is 0 Å². The van der Waals surface area contributed by atoms with Crippen molar-refractivity contribution in [1.29, 1.82) is 0 Å². The van der Waals surface area contributed by atoms with Crippen LogP contribution >= 0.6 is 0 Å². The molecule has 0 saturated carbocycles. The van der Waals surface area contributed by atoms with Gasteiger partial charge in [-0.1, -0.05) is 54.6 Å². The van der Waals surface area contributed by atoms with Crippen LogP contribution in [0.2, 0.25) is 0 Å². The molecule has 1 atom stereocenters. The van der Waals surface area contributed by atoms with Gasteiger partial charge in [0.1, 0.15) is 0 Å². The van der Waals surface area contributed by atoms with E-state index < -0.39 is 11.5 Å². The number of carbonyl (C=O) groups excluding carboxylic acids is 1. The van der Waals surface area contributed by atoms with E-state index in [0.717, 1.165) is 38.4 Å². The lowest BCUT2D eigenvalue weighted by atomic mass is 9.85. The Kier molecular flexibility index (Phi) is 4.94. The van der Waals surface area contributed by atoms with Gasteiger partial charge in [0, 0.05) is 19.6 Å². The third kappa shape index (κ3) is 3.33. The van der Waals surface area contributed by atoms with Gasteiger partial charge in [0.25, 0.3) is 5.91 Å². The molecule has 126 valence electrons. The van der Waals surface area contributed by atoms with Crippen LogP contribution in [0, 0.1) is 0 Å². The van der Waals surface area contributed by atoms with Gasteiger partial charge in [-0.15, -0.1) is 0 Å². The third-order valence-electron chi connectivity index (χ3n) is 4.43. The summed E-state index contributed by atoms with van der Waals surface area (Å²) in [5.74, 6) is -0.783. The topological polar surface area (TPSA) is 75.8 Å². The molecule has 0 aromatic heterocycles. The summed E-state index contributed by atoms with van der Waals surface area (Å²) in [5.41, 5.74) is 5.77. The number of benzene rings is 2. The average Bonchev–Trinajstić information content (AvgIpc) is 2.63. The maximum absolute atomic E-state index is 12.0. The van der Waals surface area contributed by atoms with Gasteiger partial charge in [-0.3, -0.25) is 9.69 Å². The van der Waals surface area contributed by atoms with Crippen molar-refractivity contribution in [2.24, 2.45) is 5.73 Å². The minimum atomic E-state index is -1.82. The number of hydrogen-bond donors (Lipinski definition) is 2. The van der Waals surface area contributed by atoms with Crippen LogP contribution in [-0.2, 0) is 21.7 Å². The quantitative estimate of drug-likeness (QED) is 0.867. The Morgan fingerprint density at radius 3 is 2.21 bits per heavy atom. The van der Waals surface area contributed by atoms with Gasteiger partial charge in [-0.05, 0) is 16.7 Å². The Morgan fingerprint density at radius 1 is 1.04 bits per heavy atom. The summed E-state index contributed by atoms with van der Waals surface area (Å²) in [6, 6.07) is 16.2. The fraction of sp³-hybridized carbons (Fsp3) is 0.316. The minimum Gasteiger partial charge on any atom is -0.379 e. The van der Waals surface area contributed by atoms with E-state index in [9.17, 15) is 9.90 Å². The molecule has 1 amide bonds. The first-order valence-electron chi connectivity index (χ1n) is 8.08. The first-order chi connectivity index (χ1) is 11.6. The van der Waals surface area contributed by atoms with Crippen LogP contribution in [0.25, 0.3) is 0 Å². The number of amides is 1. The molecule has 3 rings (SSSR count). The summed E-state index contributed by atoms with van der Waals surface area (Å²) >= 11 is 0. The second-order valence-electron chi connectivity index (χ2n) is 6.03. The molecule has 2 aromatic carbocycles. The van der Waals surface area contributed by atoms with E-state index >= 15 is 0 Å². The van der Waals surface area contributed by atoms with Gasteiger partial charge in [0.15, 0.2) is 5.60 Å². The highest BCUT2D eigenvalue weighted by Crippen LogP contribution is 2.29. The fourth-order valence-electron chi connectivity index (χ4n) is 3.00. The third-order valence-corrected chi connectivity index (χ3v) is 4.43. The molecule has 3 N–H and O–H groups in total. The van der Waals surface area contributed by atoms with Crippen LogP contribution in [0.15, 0.2) is 54.6 Å². The second-order valence-corrected chi connectivity index (χ2v) is 6.03. The summed E-state index contributed by atoms with van der Waals surface area (Å²) in [7, 11) is 0. The van der Waals surface area contributed by atoms with E-state index in [2.05, 4.69) is 4.90 Å². The smallest absolute Gasteiger partial charge is 0.258 e. The summed E-state index contributed by atoms with van der Waals surface area (Å²) in [4.78, 5) is 14.3. The van der Waals surface area contributed by atoms with E-state index in [4.69, 9.17) is 10.5 Å². The van der Waals surface area contributed by atoms with Gasteiger partial charge in [0.05, 0.1) is 13.2 Å². The number of carbonyl (C=O) groups is 1. The van der Waals surface area contributed by atoms with E-state index in [0.29, 0.717) is 11.1 Å². The molecule has 0 radical (unpaired) electrons. The normalized spacial score (nSPS) is 18.0. The molecule has 24 heavy (non-hydrogen) atoms. The summed E-state index contributed by atoms with van der Waals surface area (Å²) in [6.45, 7) is 4.17. The van der Waals surface area contributed by atoms with Crippen LogP contribution < -0.4 is 5.73 Å². The predicted octanol–water partition coefficient (Wildman–Crippen LogP) is 1.24. The predicted molar refractivity (Wildman–Crippen MR) is 91.2 cm³/mol. The Labute approximate surface area is 141 Å². The van der Waals surface area contributed by atoms with Crippen molar-refractivity contribution in [3.63, 3.8) is 0 Å².